The van der Waals surface area contributed by atoms with Crippen molar-refractivity contribution in [1.82, 2.24) is 0 Å². The molecule has 0 amide bonds. The average Bonchev–Trinajstić information content (AvgIpc) is 2.17. The molecular formula is C11H18F2O3. The second-order valence-electron chi connectivity index (χ2n) is 4.25. The summed E-state index contributed by atoms with van der Waals surface area (Å²) in [4.78, 5) is 10.9. The Morgan fingerprint density at radius 1 is 1.44 bits per heavy atom. The van der Waals surface area contributed by atoms with E-state index in [1.807, 2.05) is 6.92 Å². The van der Waals surface area contributed by atoms with E-state index in [9.17, 15) is 13.6 Å². The number of carbonyl (C=O) groups excluding carboxylic acids is 1. The molecule has 0 N–H and O–H groups in total. The zero-order valence-corrected chi connectivity index (χ0v) is 9.67. The van der Waals surface area contributed by atoms with Gasteiger partial charge in [0.15, 0.2) is 0 Å². The van der Waals surface area contributed by atoms with Crippen LogP contribution in [0.2, 0.25) is 0 Å². The van der Waals surface area contributed by atoms with Crippen LogP contribution in [0.15, 0.2) is 0 Å². The summed E-state index contributed by atoms with van der Waals surface area (Å²) in [6, 6.07) is 0. The Labute approximate surface area is 94.1 Å². The van der Waals surface area contributed by atoms with Crippen molar-refractivity contribution in [3.8, 4) is 0 Å². The van der Waals surface area contributed by atoms with Crippen LogP contribution in [-0.2, 0) is 14.3 Å². The van der Waals surface area contributed by atoms with E-state index in [4.69, 9.17) is 0 Å². The van der Waals surface area contributed by atoms with Gasteiger partial charge in [-0.2, -0.15) is 8.78 Å². The zero-order chi connectivity index (χ0) is 12.2. The van der Waals surface area contributed by atoms with Gasteiger partial charge in [0.2, 0.25) is 0 Å². The van der Waals surface area contributed by atoms with Gasteiger partial charge in [0.25, 0.3) is 0 Å². The van der Waals surface area contributed by atoms with Crippen LogP contribution in [0, 0.1) is 5.92 Å². The first-order chi connectivity index (χ1) is 7.45. The first kappa shape index (κ1) is 13.4. The van der Waals surface area contributed by atoms with Crippen molar-refractivity contribution in [3.05, 3.63) is 0 Å². The van der Waals surface area contributed by atoms with Gasteiger partial charge in [-0.3, -0.25) is 0 Å². The number of carbonyl (C=O) groups is 1. The van der Waals surface area contributed by atoms with Crippen molar-refractivity contribution < 1.29 is 23.0 Å². The Bertz CT molecular complexity index is 243. The highest BCUT2D eigenvalue weighted by Crippen LogP contribution is 2.30. The minimum atomic E-state index is -3.81. The number of hydrogen-bond donors (Lipinski definition) is 0. The van der Waals surface area contributed by atoms with Crippen LogP contribution in [0.1, 0.15) is 39.5 Å². The molecule has 0 aromatic rings. The van der Waals surface area contributed by atoms with Crippen molar-refractivity contribution >= 4 is 5.97 Å². The molecular weight excluding hydrogens is 218 g/mol. The first-order valence-corrected chi connectivity index (χ1v) is 5.68. The molecule has 2 atom stereocenters. The van der Waals surface area contributed by atoms with Gasteiger partial charge in [-0.1, -0.05) is 19.8 Å². The molecule has 2 unspecified atom stereocenters. The summed E-state index contributed by atoms with van der Waals surface area (Å²) in [7, 11) is 0. The van der Waals surface area contributed by atoms with Crippen molar-refractivity contribution in [2.24, 2.45) is 5.92 Å². The summed E-state index contributed by atoms with van der Waals surface area (Å²) < 4.78 is 35.3. The Hall–Kier alpha value is -0.710. The van der Waals surface area contributed by atoms with E-state index in [1.54, 1.807) is 0 Å². The van der Waals surface area contributed by atoms with Crippen molar-refractivity contribution in [3.63, 3.8) is 0 Å². The van der Waals surface area contributed by atoms with Gasteiger partial charge >= 0.3 is 12.1 Å². The number of alkyl halides is 2. The number of halogens is 2. The summed E-state index contributed by atoms with van der Waals surface area (Å²) in [6.07, 6.45) is -1.29. The van der Waals surface area contributed by atoms with Crippen LogP contribution in [0.3, 0.4) is 0 Å². The molecule has 16 heavy (non-hydrogen) atoms. The Kier molecular flexibility index (Phi) is 4.65. The Morgan fingerprint density at radius 3 is 2.69 bits per heavy atom. The first-order valence-electron chi connectivity index (χ1n) is 5.68. The molecule has 0 radical (unpaired) electrons. The van der Waals surface area contributed by atoms with Crippen molar-refractivity contribution in [1.29, 1.82) is 0 Å². The number of ether oxygens (including phenoxy) is 2. The lowest BCUT2D eigenvalue weighted by Crippen LogP contribution is -2.39. The van der Waals surface area contributed by atoms with Gasteiger partial charge in [-0.15, -0.1) is 0 Å². The summed E-state index contributed by atoms with van der Waals surface area (Å²) in [6.45, 7) is 3.41. The highest BCUT2D eigenvalue weighted by molar-refractivity contribution is 5.75. The van der Waals surface area contributed by atoms with Gasteiger partial charge in [-0.05, 0) is 25.7 Å². The third-order valence-corrected chi connectivity index (χ3v) is 2.72. The van der Waals surface area contributed by atoms with Gasteiger partial charge in [0, 0.05) is 0 Å². The molecule has 1 aliphatic rings. The van der Waals surface area contributed by atoms with Crippen LogP contribution in [0.4, 0.5) is 8.78 Å². The third-order valence-electron chi connectivity index (χ3n) is 2.72. The predicted octanol–water partition coefficient (Wildman–Crippen LogP) is 2.74. The maximum absolute atomic E-state index is 13.2. The molecule has 0 saturated heterocycles. The molecule has 5 heteroatoms. The minimum Gasteiger partial charge on any atom is -0.460 e. The van der Waals surface area contributed by atoms with E-state index in [2.05, 4.69) is 9.47 Å². The largest absolute Gasteiger partial charge is 0.460 e. The SMILES string of the molecule is CCOC(=O)C(F)(F)OC1CCCC(C)C1. The molecule has 1 fully saturated rings. The fourth-order valence-corrected chi connectivity index (χ4v) is 1.96. The van der Waals surface area contributed by atoms with Crippen LogP contribution < -0.4 is 0 Å². The molecule has 94 valence electrons. The lowest BCUT2D eigenvalue weighted by atomic mass is 9.89. The monoisotopic (exact) mass is 236 g/mol. The Morgan fingerprint density at radius 2 is 2.12 bits per heavy atom. The second-order valence-corrected chi connectivity index (χ2v) is 4.25. The summed E-state index contributed by atoms with van der Waals surface area (Å²) >= 11 is 0. The van der Waals surface area contributed by atoms with Gasteiger partial charge in [0.05, 0.1) is 12.7 Å². The summed E-state index contributed by atoms with van der Waals surface area (Å²) in [5.41, 5.74) is 0. The van der Waals surface area contributed by atoms with Crippen molar-refractivity contribution in [2.45, 2.75) is 51.7 Å². The maximum atomic E-state index is 13.2. The molecule has 0 spiro atoms. The van der Waals surface area contributed by atoms with Gasteiger partial charge in [0.1, 0.15) is 0 Å². The maximum Gasteiger partial charge on any atom is 0.456 e. The van der Waals surface area contributed by atoms with Gasteiger partial charge in [-0.25, -0.2) is 4.79 Å². The quantitative estimate of drug-likeness (QED) is 0.704. The van der Waals surface area contributed by atoms with E-state index < -0.39 is 18.2 Å². The fourth-order valence-electron chi connectivity index (χ4n) is 1.96. The minimum absolute atomic E-state index is 0.0706. The van der Waals surface area contributed by atoms with Crippen LogP contribution in [0.5, 0.6) is 0 Å². The highest BCUT2D eigenvalue weighted by Gasteiger charge is 2.45. The molecule has 1 rings (SSSR count). The van der Waals surface area contributed by atoms with Crippen LogP contribution in [-0.4, -0.2) is 24.8 Å². The molecule has 0 aromatic carbocycles. The lowest BCUT2D eigenvalue weighted by molar-refractivity contribution is -0.270. The lowest BCUT2D eigenvalue weighted by Gasteiger charge is -2.29. The summed E-state index contributed by atoms with van der Waals surface area (Å²) in [5, 5.41) is 0. The third kappa shape index (κ3) is 3.70. The number of hydrogen-bond acceptors (Lipinski definition) is 3. The van der Waals surface area contributed by atoms with Gasteiger partial charge < -0.3 is 9.47 Å². The van der Waals surface area contributed by atoms with E-state index in [-0.39, 0.29) is 6.61 Å². The van der Waals surface area contributed by atoms with E-state index >= 15 is 0 Å². The van der Waals surface area contributed by atoms with Crippen LogP contribution in [0.25, 0.3) is 0 Å². The van der Waals surface area contributed by atoms with E-state index in [1.165, 1.54) is 6.92 Å². The standard InChI is InChI=1S/C11H18F2O3/c1-3-15-10(14)11(12,13)16-9-6-4-5-8(2)7-9/h8-9H,3-7H2,1-2H3. The van der Waals surface area contributed by atoms with Crippen molar-refractivity contribution in [2.75, 3.05) is 6.61 Å². The number of esters is 1. The topological polar surface area (TPSA) is 35.5 Å². The predicted molar refractivity (Wildman–Crippen MR) is 54.1 cm³/mol. The number of rotatable bonds is 4. The second kappa shape index (κ2) is 5.57. The molecule has 0 aromatic heterocycles. The average molecular weight is 236 g/mol. The molecule has 0 aliphatic heterocycles. The van der Waals surface area contributed by atoms with Crippen LogP contribution >= 0.6 is 0 Å². The molecule has 0 heterocycles. The van der Waals surface area contributed by atoms with E-state index in [0.717, 1.165) is 12.8 Å². The molecule has 1 saturated carbocycles. The smallest absolute Gasteiger partial charge is 0.456 e. The molecule has 0 bridgehead atoms. The Balaban J connectivity index is 2.47. The fraction of sp³-hybridized carbons (Fsp3) is 0.909. The molecule has 3 nitrogen and oxygen atoms in total. The zero-order valence-electron chi connectivity index (χ0n) is 9.67. The molecule has 1 aliphatic carbocycles. The summed E-state index contributed by atoms with van der Waals surface area (Å²) in [5.74, 6) is -1.22. The normalized spacial score (nSPS) is 26.5. The van der Waals surface area contributed by atoms with E-state index in [0.29, 0.717) is 18.8 Å². The highest BCUT2D eigenvalue weighted by atomic mass is 19.3.